The molecule has 0 fully saturated rings. The summed E-state index contributed by atoms with van der Waals surface area (Å²) in [6.45, 7) is 0. The Bertz CT molecular complexity index is 867. The van der Waals surface area contributed by atoms with Gasteiger partial charge in [-0.3, -0.25) is 0 Å². The van der Waals surface area contributed by atoms with Crippen LogP contribution < -0.4 is 29.6 Å². The fourth-order valence-electron chi connectivity index (χ4n) is 2.84. The van der Waals surface area contributed by atoms with Crippen LogP contribution in [0.3, 0.4) is 0 Å². The molecule has 3 aromatic rings. The van der Waals surface area contributed by atoms with Gasteiger partial charge in [-0.1, -0.05) is 12.1 Å². The van der Waals surface area contributed by atoms with E-state index in [1.54, 1.807) is 28.4 Å². The van der Waals surface area contributed by atoms with Gasteiger partial charge in [0.2, 0.25) is 0 Å². The summed E-state index contributed by atoms with van der Waals surface area (Å²) >= 11 is 0. The van der Waals surface area contributed by atoms with Crippen LogP contribution in [0.1, 0.15) is 0 Å². The molecular formula is C22H24N2O4. The zero-order valence-electron chi connectivity index (χ0n) is 16.4. The number of anilines is 4. The number of ether oxygens (including phenoxy) is 4. The van der Waals surface area contributed by atoms with Crippen molar-refractivity contribution in [3.63, 3.8) is 0 Å². The first-order chi connectivity index (χ1) is 13.7. The highest BCUT2D eigenvalue weighted by Crippen LogP contribution is 2.35. The maximum atomic E-state index is 5.38. The zero-order valence-corrected chi connectivity index (χ0v) is 16.4. The molecule has 3 rings (SSSR count). The molecule has 0 unspecified atom stereocenters. The Kier molecular flexibility index (Phi) is 6.11. The van der Waals surface area contributed by atoms with Gasteiger partial charge in [-0.15, -0.1) is 0 Å². The van der Waals surface area contributed by atoms with Crippen LogP contribution in [0.25, 0.3) is 0 Å². The van der Waals surface area contributed by atoms with Crippen molar-refractivity contribution < 1.29 is 18.9 Å². The Labute approximate surface area is 165 Å². The summed E-state index contributed by atoms with van der Waals surface area (Å²) < 4.78 is 21.4. The molecule has 0 saturated carbocycles. The minimum absolute atomic E-state index is 0.665. The molecule has 6 nitrogen and oxygen atoms in total. The summed E-state index contributed by atoms with van der Waals surface area (Å²) in [5, 5.41) is 6.83. The molecule has 0 spiro atoms. The van der Waals surface area contributed by atoms with Gasteiger partial charge in [0.25, 0.3) is 0 Å². The maximum absolute atomic E-state index is 5.38. The highest BCUT2D eigenvalue weighted by atomic mass is 16.5. The monoisotopic (exact) mass is 380 g/mol. The molecule has 0 aliphatic carbocycles. The van der Waals surface area contributed by atoms with Crippen LogP contribution in [-0.4, -0.2) is 28.4 Å². The molecule has 0 amide bonds. The molecule has 0 aliphatic rings. The van der Waals surface area contributed by atoms with Crippen molar-refractivity contribution >= 4 is 22.7 Å². The van der Waals surface area contributed by atoms with Crippen molar-refractivity contribution in [3.8, 4) is 23.0 Å². The van der Waals surface area contributed by atoms with Crippen LogP contribution in [-0.2, 0) is 0 Å². The van der Waals surface area contributed by atoms with E-state index in [2.05, 4.69) is 10.6 Å². The van der Waals surface area contributed by atoms with Gasteiger partial charge in [-0.2, -0.15) is 0 Å². The Balaban J connectivity index is 1.86. The van der Waals surface area contributed by atoms with Crippen molar-refractivity contribution in [2.45, 2.75) is 0 Å². The molecule has 6 heteroatoms. The lowest BCUT2D eigenvalue weighted by molar-refractivity contribution is 0.355. The number of rotatable bonds is 8. The molecule has 146 valence electrons. The van der Waals surface area contributed by atoms with Crippen LogP contribution in [0, 0.1) is 0 Å². The second-order valence-corrected chi connectivity index (χ2v) is 5.94. The summed E-state index contributed by atoms with van der Waals surface area (Å²) in [6, 6.07) is 19.4. The van der Waals surface area contributed by atoms with E-state index in [0.29, 0.717) is 23.0 Å². The largest absolute Gasteiger partial charge is 0.493 e. The summed E-state index contributed by atoms with van der Waals surface area (Å²) in [5.74, 6) is 2.70. The first-order valence-electron chi connectivity index (χ1n) is 8.75. The second kappa shape index (κ2) is 8.90. The summed E-state index contributed by atoms with van der Waals surface area (Å²) in [4.78, 5) is 0. The standard InChI is InChI=1S/C22H24N2O4/c1-25-19-11-9-15(13-21(19)27-3)23-17-7-5-6-8-18(17)24-16-10-12-20(26-2)22(14-16)28-4/h5-14,23-24H,1-4H3. The molecule has 0 atom stereocenters. The van der Waals surface area contributed by atoms with E-state index in [1.807, 2.05) is 60.7 Å². The van der Waals surface area contributed by atoms with Crippen molar-refractivity contribution in [3.05, 3.63) is 60.7 Å². The van der Waals surface area contributed by atoms with Gasteiger partial charge < -0.3 is 29.6 Å². The van der Waals surface area contributed by atoms with E-state index in [9.17, 15) is 0 Å². The average Bonchev–Trinajstić information content (AvgIpc) is 2.74. The summed E-state index contributed by atoms with van der Waals surface area (Å²) in [6.07, 6.45) is 0. The predicted molar refractivity (Wildman–Crippen MR) is 112 cm³/mol. The third-order valence-electron chi connectivity index (χ3n) is 4.25. The van der Waals surface area contributed by atoms with Crippen molar-refractivity contribution in [2.75, 3.05) is 39.1 Å². The number of hydrogen-bond donors (Lipinski definition) is 2. The molecule has 0 aliphatic heterocycles. The van der Waals surface area contributed by atoms with E-state index >= 15 is 0 Å². The minimum atomic E-state index is 0.665. The topological polar surface area (TPSA) is 61.0 Å². The number of benzene rings is 3. The molecule has 3 aromatic carbocycles. The fourth-order valence-corrected chi connectivity index (χ4v) is 2.84. The lowest BCUT2D eigenvalue weighted by Gasteiger charge is -2.16. The Morgan fingerprint density at radius 3 is 1.25 bits per heavy atom. The normalized spacial score (nSPS) is 10.1. The average molecular weight is 380 g/mol. The number of para-hydroxylation sites is 2. The summed E-state index contributed by atoms with van der Waals surface area (Å²) in [7, 11) is 6.48. The highest BCUT2D eigenvalue weighted by Gasteiger charge is 2.09. The number of methoxy groups -OCH3 is 4. The van der Waals surface area contributed by atoms with Gasteiger partial charge in [0.15, 0.2) is 23.0 Å². The molecular weight excluding hydrogens is 356 g/mol. The zero-order chi connectivity index (χ0) is 19.9. The number of hydrogen-bond acceptors (Lipinski definition) is 6. The van der Waals surface area contributed by atoms with Crippen LogP contribution in [0.2, 0.25) is 0 Å². The molecule has 2 N–H and O–H groups in total. The minimum Gasteiger partial charge on any atom is -0.493 e. The van der Waals surface area contributed by atoms with E-state index in [-0.39, 0.29) is 0 Å². The van der Waals surface area contributed by atoms with E-state index in [1.165, 1.54) is 0 Å². The van der Waals surface area contributed by atoms with Gasteiger partial charge in [-0.25, -0.2) is 0 Å². The number of nitrogens with one attached hydrogen (secondary N) is 2. The third kappa shape index (κ3) is 4.23. The van der Waals surface area contributed by atoms with E-state index < -0.39 is 0 Å². The predicted octanol–water partition coefficient (Wildman–Crippen LogP) is 5.21. The quantitative estimate of drug-likeness (QED) is 0.559. The Morgan fingerprint density at radius 1 is 0.500 bits per heavy atom. The van der Waals surface area contributed by atoms with Gasteiger partial charge in [-0.05, 0) is 36.4 Å². The molecule has 0 saturated heterocycles. The van der Waals surface area contributed by atoms with Gasteiger partial charge in [0.1, 0.15) is 0 Å². The molecule has 0 aromatic heterocycles. The lowest BCUT2D eigenvalue weighted by atomic mass is 10.2. The van der Waals surface area contributed by atoms with E-state index in [0.717, 1.165) is 22.7 Å². The molecule has 0 bridgehead atoms. The van der Waals surface area contributed by atoms with Crippen molar-refractivity contribution in [1.82, 2.24) is 0 Å². The lowest BCUT2D eigenvalue weighted by Crippen LogP contribution is -1.99. The second-order valence-electron chi connectivity index (χ2n) is 5.94. The van der Waals surface area contributed by atoms with E-state index in [4.69, 9.17) is 18.9 Å². The van der Waals surface area contributed by atoms with Gasteiger partial charge >= 0.3 is 0 Å². The van der Waals surface area contributed by atoms with Crippen LogP contribution >= 0.6 is 0 Å². The first kappa shape index (κ1) is 19.2. The highest BCUT2D eigenvalue weighted by molar-refractivity contribution is 5.79. The van der Waals surface area contributed by atoms with Crippen molar-refractivity contribution in [1.29, 1.82) is 0 Å². The van der Waals surface area contributed by atoms with Crippen LogP contribution in [0.4, 0.5) is 22.7 Å². The third-order valence-corrected chi connectivity index (χ3v) is 4.25. The fraction of sp³-hybridized carbons (Fsp3) is 0.182. The SMILES string of the molecule is COc1ccc(Nc2ccccc2Nc2ccc(OC)c(OC)c2)cc1OC. The Hall–Kier alpha value is -3.54. The maximum Gasteiger partial charge on any atom is 0.162 e. The van der Waals surface area contributed by atoms with Gasteiger partial charge in [0.05, 0.1) is 39.8 Å². The van der Waals surface area contributed by atoms with Crippen molar-refractivity contribution in [2.24, 2.45) is 0 Å². The molecule has 0 heterocycles. The molecule has 0 radical (unpaired) electrons. The molecule has 28 heavy (non-hydrogen) atoms. The Morgan fingerprint density at radius 2 is 0.893 bits per heavy atom. The first-order valence-corrected chi connectivity index (χ1v) is 8.75. The van der Waals surface area contributed by atoms with Crippen LogP contribution in [0.15, 0.2) is 60.7 Å². The van der Waals surface area contributed by atoms with Gasteiger partial charge in [0, 0.05) is 23.5 Å². The van der Waals surface area contributed by atoms with Crippen LogP contribution in [0.5, 0.6) is 23.0 Å². The summed E-state index contributed by atoms with van der Waals surface area (Å²) in [5.41, 5.74) is 3.62. The smallest absolute Gasteiger partial charge is 0.162 e.